The lowest BCUT2D eigenvalue weighted by atomic mass is 10.8. The van der Waals surface area contributed by atoms with Gasteiger partial charge in [-0.3, -0.25) is 0 Å². The summed E-state index contributed by atoms with van der Waals surface area (Å²) < 4.78 is 2.01. The molecule has 0 aliphatic carbocycles. The standard InChI is InChI=1S/C4HCl4NO3/c5-2(6)4(7,8)12-3(11)9-1-10/h2H. The first-order valence-corrected chi connectivity index (χ1v) is 4.00. The van der Waals surface area contributed by atoms with Crippen LogP contribution in [0, 0.1) is 0 Å². The van der Waals surface area contributed by atoms with Gasteiger partial charge in [-0.2, -0.15) is 0 Å². The smallest absolute Gasteiger partial charge is 0.407 e. The predicted octanol–water partition coefficient (Wildman–Crippen LogP) is 2.39. The van der Waals surface area contributed by atoms with E-state index < -0.39 is 15.4 Å². The molecule has 0 saturated carbocycles. The van der Waals surface area contributed by atoms with E-state index in [4.69, 9.17) is 46.4 Å². The van der Waals surface area contributed by atoms with Gasteiger partial charge in [-0.15, -0.1) is 0 Å². The van der Waals surface area contributed by atoms with Gasteiger partial charge in [-0.05, 0) is 0 Å². The molecule has 8 heteroatoms. The number of rotatable bonds is 2. The molecule has 0 heterocycles. The van der Waals surface area contributed by atoms with E-state index in [2.05, 4.69) is 9.73 Å². The Labute approximate surface area is 87.4 Å². The van der Waals surface area contributed by atoms with Gasteiger partial charge in [0.05, 0.1) is 0 Å². The summed E-state index contributed by atoms with van der Waals surface area (Å²) in [6, 6.07) is 0. The largest absolute Gasteiger partial charge is 0.447 e. The lowest BCUT2D eigenvalue weighted by Crippen LogP contribution is -2.27. The zero-order valence-electron chi connectivity index (χ0n) is 5.26. The first-order valence-electron chi connectivity index (χ1n) is 2.37. The van der Waals surface area contributed by atoms with Crippen LogP contribution in [0.25, 0.3) is 0 Å². The van der Waals surface area contributed by atoms with Crippen molar-refractivity contribution >= 4 is 58.6 Å². The molecule has 0 aromatic rings. The number of isocyanates is 1. The Kier molecular flexibility index (Phi) is 4.90. The minimum atomic E-state index is -2.12. The molecule has 0 aromatic heterocycles. The quantitative estimate of drug-likeness (QED) is 0.431. The van der Waals surface area contributed by atoms with E-state index in [0.717, 1.165) is 6.08 Å². The van der Waals surface area contributed by atoms with Gasteiger partial charge in [-0.1, -0.05) is 51.4 Å². The lowest BCUT2D eigenvalue weighted by molar-refractivity contribution is 0.131. The highest BCUT2D eigenvalue weighted by Gasteiger charge is 2.36. The second kappa shape index (κ2) is 4.90. The van der Waals surface area contributed by atoms with Gasteiger partial charge in [0.2, 0.25) is 6.08 Å². The van der Waals surface area contributed by atoms with Crippen LogP contribution in [0.5, 0.6) is 0 Å². The molecule has 4 nitrogen and oxygen atoms in total. The van der Waals surface area contributed by atoms with E-state index in [0.29, 0.717) is 0 Å². The van der Waals surface area contributed by atoms with E-state index in [1.807, 2.05) is 0 Å². The highest BCUT2D eigenvalue weighted by molar-refractivity contribution is 6.59. The maximum absolute atomic E-state index is 10.4. The molecule has 12 heavy (non-hydrogen) atoms. The van der Waals surface area contributed by atoms with Crippen molar-refractivity contribution in [2.45, 2.75) is 9.36 Å². The third-order valence-electron chi connectivity index (χ3n) is 0.614. The number of halogens is 4. The molecule has 0 fully saturated rings. The molecule has 0 atom stereocenters. The molecular formula is C4HCl4NO3. The number of aliphatic imine (C=N–C) groups is 1. The zero-order chi connectivity index (χ0) is 9.78. The monoisotopic (exact) mass is 251 g/mol. The van der Waals surface area contributed by atoms with Gasteiger partial charge in [0.1, 0.15) is 0 Å². The minimum Gasteiger partial charge on any atom is -0.407 e. The number of carbonyl (C=O) groups is 1. The molecular weight excluding hydrogens is 252 g/mol. The summed E-state index contributed by atoms with van der Waals surface area (Å²) in [6.45, 7) is 0. The molecule has 0 spiro atoms. The maximum Gasteiger partial charge on any atom is 0.447 e. The fourth-order valence-electron chi connectivity index (χ4n) is 0.221. The number of alkyl halides is 4. The molecule has 0 N–H and O–H groups in total. The van der Waals surface area contributed by atoms with Gasteiger partial charge in [0.15, 0.2) is 4.84 Å². The van der Waals surface area contributed by atoms with E-state index in [-0.39, 0.29) is 0 Å². The highest BCUT2D eigenvalue weighted by atomic mass is 35.5. The van der Waals surface area contributed by atoms with Crippen LogP contribution in [0.3, 0.4) is 0 Å². The number of carbonyl (C=O) groups excluding carboxylic acids is 2. The number of hydrogen-bond acceptors (Lipinski definition) is 3. The number of hydrogen-bond donors (Lipinski definition) is 0. The van der Waals surface area contributed by atoms with Crippen LogP contribution in [0.4, 0.5) is 4.79 Å². The summed E-state index contributed by atoms with van der Waals surface area (Å²) >= 11 is 20.9. The third kappa shape index (κ3) is 4.14. The van der Waals surface area contributed by atoms with Gasteiger partial charge >= 0.3 is 6.09 Å². The van der Waals surface area contributed by atoms with Crippen molar-refractivity contribution in [1.82, 2.24) is 0 Å². The Morgan fingerprint density at radius 1 is 1.50 bits per heavy atom. The SMILES string of the molecule is O=C=NC(=O)OC(Cl)(Cl)C(Cl)Cl. The average Bonchev–Trinajstić information content (AvgIpc) is 1.85. The Bertz CT molecular complexity index is 222. The second-order valence-corrected chi connectivity index (χ2v) is 3.85. The highest BCUT2D eigenvalue weighted by Crippen LogP contribution is 2.33. The predicted molar refractivity (Wildman–Crippen MR) is 44.5 cm³/mol. The third-order valence-corrected chi connectivity index (χ3v) is 2.27. The zero-order valence-corrected chi connectivity index (χ0v) is 8.28. The van der Waals surface area contributed by atoms with Crippen LogP contribution < -0.4 is 0 Å². The Balaban J connectivity index is 4.24. The van der Waals surface area contributed by atoms with Gasteiger partial charge < -0.3 is 4.74 Å². The fourth-order valence-corrected chi connectivity index (χ4v) is 0.442. The van der Waals surface area contributed by atoms with Gasteiger partial charge in [0, 0.05) is 0 Å². The molecule has 0 aromatic carbocycles. The first-order chi connectivity index (χ1) is 5.40. The van der Waals surface area contributed by atoms with Crippen LogP contribution >= 0.6 is 46.4 Å². The maximum atomic E-state index is 10.4. The van der Waals surface area contributed by atoms with Crippen LogP contribution in [0.15, 0.2) is 4.99 Å². The molecule has 0 aliphatic heterocycles. The minimum absolute atomic E-state index is 0.926. The van der Waals surface area contributed by atoms with Crippen molar-refractivity contribution in [3.8, 4) is 0 Å². The summed E-state index contributed by atoms with van der Waals surface area (Å²) in [6.07, 6.45) is -0.392. The second-order valence-electron chi connectivity index (χ2n) is 1.43. The van der Waals surface area contributed by atoms with Crippen LogP contribution in [-0.2, 0) is 9.53 Å². The summed E-state index contributed by atoms with van der Waals surface area (Å²) in [5.74, 6) is 0. The molecule has 0 bridgehead atoms. The van der Waals surface area contributed by atoms with Crippen LogP contribution in [-0.4, -0.2) is 21.5 Å². The van der Waals surface area contributed by atoms with Crippen molar-refractivity contribution in [2.75, 3.05) is 0 Å². The van der Waals surface area contributed by atoms with Crippen molar-refractivity contribution < 1.29 is 14.3 Å². The molecule has 68 valence electrons. The lowest BCUT2D eigenvalue weighted by Gasteiger charge is -2.18. The molecule has 0 rings (SSSR count). The normalized spacial score (nSPS) is 10.8. The molecule has 0 saturated heterocycles. The summed E-state index contributed by atoms with van der Waals surface area (Å²) in [5.41, 5.74) is 0. The fraction of sp³-hybridized carbons (Fsp3) is 0.500. The Hall–Kier alpha value is 0.01000. The molecule has 0 unspecified atom stereocenters. The van der Waals surface area contributed by atoms with E-state index in [9.17, 15) is 9.59 Å². The van der Waals surface area contributed by atoms with Crippen LogP contribution in [0.1, 0.15) is 0 Å². The van der Waals surface area contributed by atoms with E-state index in [1.54, 1.807) is 0 Å². The molecule has 0 aliphatic rings. The van der Waals surface area contributed by atoms with E-state index >= 15 is 0 Å². The van der Waals surface area contributed by atoms with Crippen molar-refractivity contribution in [1.29, 1.82) is 0 Å². The van der Waals surface area contributed by atoms with E-state index in [1.165, 1.54) is 0 Å². The summed E-state index contributed by atoms with van der Waals surface area (Å²) in [4.78, 5) is 21.1. The number of ether oxygens (including phenoxy) is 1. The van der Waals surface area contributed by atoms with Gasteiger partial charge in [0.25, 0.3) is 4.52 Å². The topological polar surface area (TPSA) is 55.7 Å². The molecule has 0 radical (unpaired) electrons. The van der Waals surface area contributed by atoms with Crippen molar-refractivity contribution in [2.24, 2.45) is 4.99 Å². The van der Waals surface area contributed by atoms with Crippen molar-refractivity contribution in [3.63, 3.8) is 0 Å². The number of nitrogens with zero attached hydrogens (tertiary/aromatic N) is 1. The average molecular weight is 253 g/mol. The summed E-state index contributed by atoms with van der Waals surface area (Å²) in [7, 11) is 0. The van der Waals surface area contributed by atoms with Crippen LogP contribution in [0.2, 0.25) is 0 Å². The summed E-state index contributed by atoms with van der Waals surface area (Å²) in [5, 5.41) is 0. The first kappa shape index (κ1) is 12.0. The molecule has 1 amide bonds. The van der Waals surface area contributed by atoms with Crippen molar-refractivity contribution in [3.05, 3.63) is 0 Å². The Morgan fingerprint density at radius 2 is 2.00 bits per heavy atom. The Morgan fingerprint density at radius 3 is 2.33 bits per heavy atom. The van der Waals surface area contributed by atoms with Gasteiger partial charge in [-0.25, -0.2) is 9.59 Å². The number of amides is 1.